The summed E-state index contributed by atoms with van der Waals surface area (Å²) in [6.45, 7) is 9.88. The first kappa shape index (κ1) is 19.2. The highest BCUT2D eigenvalue weighted by Gasteiger charge is 2.13. The molecule has 0 bridgehead atoms. The normalized spacial score (nSPS) is 12.8. The first-order chi connectivity index (χ1) is 12.0. The number of methoxy groups -OCH3 is 1. The fourth-order valence-corrected chi connectivity index (χ4v) is 3.35. The molecule has 0 spiro atoms. The standard InChI is InChI=1S/C19H28N4OS/c1-6-20-19(21-10-9-18-22-12-14(3)25-18)23-15(4)16-11-13(2)7-8-17(16)24-5/h7-8,11-12,15H,6,9-10H2,1-5H3,(H2,20,21,23). The number of guanidine groups is 1. The average Bonchev–Trinajstić information content (AvgIpc) is 3.00. The third-order valence-corrected chi connectivity index (χ3v) is 4.79. The lowest BCUT2D eigenvalue weighted by Crippen LogP contribution is -2.39. The molecule has 1 aromatic carbocycles. The molecule has 2 aromatic rings. The predicted octanol–water partition coefficient (Wildman–Crippen LogP) is 3.63. The number of hydrogen-bond acceptors (Lipinski definition) is 4. The van der Waals surface area contributed by atoms with Gasteiger partial charge in [0.25, 0.3) is 0 Å². The van der Waals surface area contributed by atoms with Gasteiger partial charge in [0.2, 0.25) is 0 Å². The fourth-order valence-electron chi connectivity index (χ4n) is 2.58. The SMILES string of the molecule is CCNC(=NCCc1ncc(C)s1)NC(C)c1cc(C)ccc1OC. The molecule has 0 aliphatic heterocycles. The summed E-state index contributed by atoms with van der Waals surface area (Å²) in [5, 5.41) is 7.91. The average molecular weight is 361 g/mol. The van der Waals surface area contributed by atoms with Crippen LogP contribution in [0.15, 0.2) is 29.4 Å². The Morgan fingerprint density at radius 3 is 2.80 bits per heavy atom. The van der Waals surface area contributed by atoms with E-state index in [0.717, 1.165) is 35.2 Å². The molecular formula is C19H28N4OS. The van der Waals surface area contributed by atoms with E-state index in [9.17, 15) is 0 Å². The molecule has 136 valence electrons. The molecule has 5 nitrogen and oxygen atoms in total. The summed E-state index contributed by atoms with van der Waals surface area (Å²) >= 11 is 1.73. The zero-order valence-electron chi connectivity index (χ0n) is 15.7. The summed E-state index contributed by atoms with van der Waals surface area (Å²) < 4.78 is 5.50. The summed E-state index contributed by atoms with van der Waals surface area (Å²) in [5.41, 5.74) is 2.34. The van der Waals surface area contributed by atoms with E-state index in [2.05, 4.69) is 60.4 Å². The molecule has 0 aliphatic rings. The number of aromatic nitrogens is 1. The van der Waals surface area contributed by atoms with Crippen LogP contribution in [-0.2, 0) is 6.42 Å². The summed E-state index contributed by atoms with van der Waals surface area (Å²) in [6.07, 6.45) is 2.77. The van der Waals surface area contributed by atoms with Crippen molar-refractivity contribution in [1.29, 1.82) is 0 Å². The Labute approximate surface area is 154 Å². The van der Waals surface area contributed by atoms with Crippen molar-refractivity contribution in [2.75, 3.05) is 20.2 Å². The monoisotopic (exact) mass is 360 g/mol. The summed E-state index contributed by atoms with van der Waals surface area (Å²) in [5.74, 6) is 1.70. The number of rotatable bonds is 7. The molecule has 0 saturated heterocycles. The van der Waals surface area contributed by atoms with Gasteiger partial charge in [-0.3, -0.25) is 4.99 Å². The van der Waals surface area contributed by atoms with E-state index in [-0.39, 0.29) is 6.04 Å². The third-order valence-electron chi connectivity index (χ3n) is 3.81. The van der Waals surface area contributed by atoms with E-state index in [1.807, 2.05) is 12.3 Å². The smallest absolute Gasteiger partial charge is 0.191 e. The molecule has 0 amide bonds. The van der Waals surface area contributed by atoms with Crippen LogP contribution >= 0.6 is 11.3 Å². The van der Waals surface area contributed by atoms with Crippen molar-refractivity contribution in [3.8, 4) is 5.75 Å². The Kier molecular flexibility index (Phi) is 7.25. The van der Waals surface area contributed by atoms with Crippen LogP contribution in [-0.4, -0.2) is 31.1 Å². The second-order valence-corrected chi connectivity index (χ2v) is 7.31. The zero-order chi connectivity index (χ0) is 18.2. The second-order valence-electron chi connectivity index (χ2n) is 5.99. The van der Waals surface area contributed by atoms with Crippen molar-refractivity contribution < 1.29 is 4.74 Å². The number of aliphatic imine (C=N–C) groups is 1. The number of aryl methyl sites for hydroxylation is 2. The molecule has 25 heavy (non-hydrogen) atoms. The highest BCUT2D eigenvalue weighted by atomic mass is 32.1. The van der Waals surface area contributed by atoms with Crippen LogP contribution in [0.1, 0.15) is 40.9 Å². The molecule has 0 saturated carbocycles. The maximum Gasteiger partial charge on any atom is 0.191 e. The Bertz CT molecular complexity index is 711. The Hall–Kier alpha value is -2.08. The van der Waals surface area contributed by atoms with Crippen molar-refractivity contribution in [1.82, 2.24) is 15.6 Å². The largest absolute Gasteiger partial charge is 0.496 e. The van der Waals surface area contributed by atoms with Crippen LogP contribution in [0.25, 0.3) is 0 Å². The minimum absolute atomic E-state index is 0.0924. The minimum Gasteiger partial charge on any atom is -0.496 e. The van der Waals surface area contributed by atoms with Crippen molar-refractivity contribution in [2.45, 2.75) is 40.2 Å². The van der Waals surface area contributed by atoms with Gasteiger partial charge in [-0.15, -0.1) is 11.3 Å². The van der Waals surface area contributed by atoms with E-state index < -0.39 is 0 Å². The molecular weight excluding hydrogens is 332 g/mol. The first-order valence-electron chi connectivity index (χ1n) is 8.64. The maximum absolute atomic E-state index is 5.50. The number of nitrogens with one attached hydrogen (secondary N) is 2. The van der Waals surface area contributed by atoms with Gasteiger partial charge in [0.1, 0.15) is 5.75 Å². The number of thiazole rings is 1. The van der Waals surface area contributed by atoms with Crippen LogP contribution < -0.4 is 15.4 Å². The van der Waals surface area contributed by atoms with E-state index >= 15 is 0 Å². The highest BCUT2D eigenvalue weighted by Crippen LogP contribution is 2.25. The lowest BCUT2D eigenvalue weighted by molar-refractivity contribution is 0.405. The lowest BCUT2D eigenvalue weighted by Gasteiger charge is -2.20. The van der Waals surface area contributed by atoms with Crippen molar-refractivity contribution in [3.63, 3.8) is 0 Å². The minimum atomic E-state index is 0.0924. The van der Waals surface area contributed by atoms with Crippen molar-refractivity contribution in [2.24, 2.45) is 4.99 Å². The molecule has 1 aromatic heterocycles. The van der Waals surface area contributed by atoms with Crippen LogP contribution in [0.5, 0.6) is 5.75 Å². The molecule has 1 atom stereocenters. The summed E-state index contributed by atoms with van der Waals surface area (Å²) in [7, 11) is 1.70. The summed E-state index contributed by atoms with van der Waals surface area (Å²) in [4.78, 5) is 10.3. The van der Waals surface area contributed by atoms with E-state index in [1.54, 1.807) is 18.4 Å². The van der Waals surface area contributed by atoms with Gasteiger partial charge in [0, 0.05) is 36.1 Å². The topological polar surface area (TPSA) is 58.5 Å². The third kappa shape index (κ3) is 5.74. The van der Waals surface area contributed by atoms with Crippen LogP contribution in [0.3, 0.4) is 0 Å². The molecule has 0 radical (unpaired) electrons. The lowest BCUT2D eigenvalue weighted by atomic mass is 10.0. The fraction of sp³-hybridized carbons (Fsp3) is 0.474. The molecule has 1 heterocycles. The van der Waals surface area contributed by atoms with Gasteiger partial charge >= 0.3 is 0 Å². The van der Waals surface area contributed by atoms with Crippen molar-refractivity contribution >= 4 is 17.3 Å². The van der Waals surface area contributed by atoms with Gasteiger partial charge in [-0.1, -0.05) is 17.7 Å². The van der Waals surface area contributed by atoms with Gasteiger partial charge in [-0.2, -0.15) is 0 Å². The Morgan fingerprint density at radius 2 is 2.16 bits per heavy atom. The van der Waals surface area contributed by atoms with Gasteiger partial charge in [-0.25, -0.2) is 4.98 Å². The van der Waals surface area contributed by atoms with Gasteiger partial charge in [0.05, 0.1) is 18.2 Å². The van der Waals surface area contributed by atoms with Crippen LogP contribution in [0, 0.1) is 13.8 Å². The van der Waals surface area contributed by atoms with Crippen molar-refractivity contribution in [3.05, 3.63) is 45.4 Å². The molecule has 2 rings (SSSR count). The molecule has 0 fully saturated rings. The molecule has 2 N–H and O–H groups in total. The van der Waals surface area contributed by atoms with E-state index in [1.165, 1.54) is 10.4 Å². The number of hydrogen-bond donors (Lipinski definition) is 2. The molecule has 1 unspecified atom stereocenters. The molecule has 0 aliphatic carbocycles. The van der Waals surface area contributed by atoms with E-state index in [4.69, 9.17) is 4.74 Å². The van der Waals surface area contributed by atoms with Gasteiger partial charge < -0.3 is 15.4 Å². The Morgan fingerprint density at radius 1 is 1.36 bits per heavy atom. The number of ether oxygens (including phenoxy) is 1. The van der Waals surface area contributed by atoms with Gasteiger partial charge in [0.15, 0.2) is 5.96 Å². The first-order valence-corrected chi connectivity index (χ1v) is 9.45. The van der Waals surface area contributed by atoms with Crippen LogP contribution in [0.4, 0.5) is 0 Å². The van der Waals surface area contributed by atoms with E-state index in [0.29, 0.717) is 6.54 Å². The van der Waals surface area contributed by atoms with Gasteiger partial charge in [-0.05, 0) is 33.8 Å². The number of nitrogens with zero attached hydrogens (tertiary/aromatic N) is 2. The second kappa shape index (κ2) is 9.42. The maximum atomic E-state index is 5.50. The quantitative estimate of drug-likeness (QED) is 0.585. The van der Waals surface area contributed by atoms with Crippen LogP contribution in [0.2, 0.25) is 0 Å². The summed E-state index contributed by atoms with van der Waals surface area (Å²) in [6, 6.07) is 6.32. The molecule has 6 heteroatoms. The predicted molar refractivity (Wildman–Crippen MR) is 106 cm³/mol. The zero-order valence-corrected chi connectivity index (χ0v) is 16.5. The number of benzene rings is 1. The highest BCUT2D eigenvalue weighted by molar-refractivity contribution is 7.11. The Balaban J connectivity index is 2.04.